The number of nitrogens with one attached hydrogen (secondary N) is 1. The van der Waals surface area contributed by atoms with Gasteiger partial charge in [0, 0.05) is 17.9 Å². The molecular formula is C11H17N3O. The van der Waals surface area contributed by atoms with Crippen LogP contribution in [-0.2, 0) is 16.8 Å². The molecule has 82 valence electrons. The van der Waals surface area contributed by atoms with E-state index in [0.717, 1.165) is 30.8 Å². The quantitative estimate of drug-likeness (QED) is 0.759. The van der Waals surface area contributed by atoms with Crippen molar-refractivity contribution >= 4 is 5.91 Å². The largest absolute Gasteiger partial charge is 0.369 e. The number of aromatic amines is 1. The van der Waals surface area contributed by atoms with Gasteiger partial charge in [-0.25, -0.2) is 0 Å². The Morgan fingerprint density at radius 1 is 1.53 bits per heavy atom. The third-order valence-corrected chi connectivity index (χ3v) is 2.97. The summed E-state index contributed by atoms with van der Waals surface area (Å²) in [5, 5.41) is 0. The van der Waals surface area contributed by atoms with Crippen LogP contribution in [0.5, 0.6) is 0 Å². The van der Waals surface area contributed by atoms with Gasteiger partial charge in [0.15, 0.2) is 0 Å². The molecule has 0 spiro atoms. The Morgan fingerprint density at radius 2 is 2.20 bits per heavy atom. The summed E-state index contributed by atoms with van der Waals surface area (Å²) in [5.74, 6) is -0.208. The number of carbonyl (C=O) groups excluding carboxylic acids is 1. The number of rotatable bonds is 4. The number of nitrogens with zero attached hydrogens (tertiary/aromatic N) is 1. The average Bonchev–Trinajstić information content (AvgIpc) is 2.83. The van der Waals surface area contributed by atoms with Crippen LogP contribution in [0.3, 0.4) is 0 Å². The van der Waals surface area contributed by atoms with Crippen molar-refractivity contribution in [3.05, 3.63) is 23.5 Å². The van der Waals surface area contributed by atoms with E-state index in [-0.39, 0.29) is 11.3 Å². The molecule has 1 fully saturated rings. The van der Waals surface area contributed by atoms with E-state index in [1.807, 2.05) is 26.2 Å². The first-order chi connectivity index (χ1) is 7.04. The van der Waals surface area contributed by atoms with Gasteiger partial charge in [-0.1, -0.05) is 0 Å². The Kier molecular flexibility index (Phi) is 2.31. The zero-order valence-corrected chi connectivity index (χ0v) is 9.21. The minimum Gasteiger partial charge on any atom is -0.369 e. The molecule has 1 aromatic heterocycles. The molecule has 0 aromatic carbocycles. The summed E-state index contributed by atoms with van der Waals surface area (Å²) in [6.45, 7) is 0.856. The van der Waals surface area contributed by atoms with E-state index in [4.69, 9.17) is 5.73 Å². The molecule has 4 heteroatoms. The molecule has 3 N–H and O–H groups in total. The highest BCUT2D eigenvalue weighted by atomic mass is 16.1. The zero-order valence-electron chi connectivity index (χ0n) is 9.21. The lowest BCUT2D eigenvalue weighted by Gasteiger charge is -2.10. The molecular weight excluding hydrogens is 190 g/mol. The highest BCUT2D eigenvalue weighted by Gasteiger charge is 2.51. The molecule has 1 amide bonds. The average molecular weight is 207 g/mol. The van der Waals surface area contributed by atoms with Crippen LogP contribution in [0.25, 0.3) is 0 Å². The molecule has 1 aromatic rings. The lowest BCUT2D eigenvalue weighted by Crippen LogP contribution is -2.28. The van der Waals surface area contributed by atoms with E-state index in [1.54, 1.807) is 0 Å². The standard InChI is InChI=1S/C11H17N3O/c1-14(2)7-8-3-4-9(13-8)11(5-6-11)10(12)15/h3-4,13H,5-7H2,1-2H3,(H2,12,15). The summed E-state index contributed by atoms with van der Waals surface area (Å²) in [4.78, 5) is 16.7. The van der Waals surface area contributed by atoms with Crippen molar-refractivity contribution in [3.8, 4) is 0 Å². The lowest BCUT2D eigenvalue weighted by atomic mass is 10.0. The molecule has 1 aliphatic rings. The van der Waals surface area contributed by atoms with Gasteiger partial charge in [0.2, 0.25) is 5.91 Å². The summed E-state index contributed by atoms with van der Waals surface area (Å²) < 4.78 is 0. The molecule has 0 radical (unpaired) electrons. The first kappa shape index (κ1) is 10.2. The normalized spacial score (nSPS) is 18.1. The van der Waals surface area contributed by atoms with Gasteiger partial charge >= 0.3 is 0 Å². The second-order valence-electron chi connectivity index (χ2n) is 4.58. The smallest absolute Gasteiger partial charge is 0.229 e. The lowest BCUT2D eigenvalue weighted by molar-refractivity contribution is -0.120. The molecule has 0 aliphatic heterocycles. The van der Waals surface area contributed by atoms with Crippen LogP contribution >= 0.6 is 0 Å². The van der Waals surface area contributed by atoms with Gasteiger partial charge in [0.1, 0.15) is 0 Å². The number of hydrogen-bond acceptors (Lipinski definition) is 2. The van der Waals surface area contributed by atoms with Gasteiger partial charge in [0.25, 0.3) is 0 Å². The molecule has 15 heavy (non-hydrogen) atoms. The molecule has 2 rings (SSSR count). The van der Waals surface area contributed by atoms with Crippen molar-refractivity contribution in [2.45, 2.75) is 24.8 Å². The third kappa shape index (κ3) is 1.77. The molecule has 1 heterocycles. The van der Waals surface area contributed by atoms with Crippen molar-refractivity contribution in [1.29, 1.82) is 0 Å². The van der Waals surface area contributed by atoms with E-state index in [2.05, 4.69) is 9.88 Å². The Balaban J connectivity index is 2.17. The fourth-order valence-corrected chi connectivity index (χ4v) is 1.93. The maximum atomic E-state index is 11.3. The van der Waals surface area contributed by atoms with Gasteiger partial charge in [0.05, 0.1) is 5.41 Å². The number of primary amides is 1. The van der Waals surface area contributed by atoms with E-state index >= 15 is 0 Å². The van der Waals surface area contributed by atoms with E-state index in [1.165, 1.54) is 0 Å². The first-order valence-electron chi connectivity index (χ1n) is 5.17. The predicted molar refractivity (Wildman–Crippen MR) is 58.3 cm³/mol. The van der Waals surface area contributed by atoms with Gasteiger partial charge in [-0.2, -0.15) is 0 Å². The summed E-state index contributed by atoms with van der Waals surface area (Å²) in [6.07, 6.45) is 1.76. The number of carbonyl (C=O) groups is 1. The second-order valence-corrected chi connectivity index (χ2v) is 4.58. The van der Waals surface area contributed by atoms with Crippen molar-refractivity contribution in [2.24, 2.45) is 5.73 Å². The van der Waals surface area contributed by atoms with Crippen LogP contribution in [0.1, 0.15) is 24.2 Å². The molecule has 0 atom stereocenters. The van der Waals surface area contributed by atoms with E-state index in [0.29, 0.717) is 0 Å². The fourth-order valence-electron chi connectivity index (χ4n) is 1.93. The second kappa shape index (κ2) is 3.38. The van der Waals surface area contributed by atoms with Gasteiger partial charge in [-0.15, -0.1) is 0 Å². The minimum absolute atomic E-state index is 0.208. The summed E-state index contributed by atoms with van der Waals surface area (Å²) >= 11 is 0. The number of aromatic nitrogens is 1. The number of nitrogens with two attached hydrogens (primary N) is 1. The predicted octanol–water partition coefficient (Wildman–Crippen LogP) is 0.593. The Morgan fingerprint density at radius 3 is 2.67 bits per heavy atom. The van der Waals surface area contributed by atoms with Crippen LogP contribution in [-0.4, -0.2) is 29.9 Å². The van der Waals surface area contributed by atoms with E-state index < -0.39 is 0 Å². The monoisotopic (exact) mass is 207 g/mol. The van der Waals surface area contributed by atoms with Crippen LogP contribution < -0.4 is 5.73 Å². The first-order valence-corrected chi connectivity index (χ1v) is 5.17. The van der Waals surface area contributed by atoms with Crippen molar-refractivity contribution in [3.63, 3.8) is 0 Å². The van der Waals surface area contributed by atoms with Crippen LogP contribution in [0.15, 0.2) is 12.1 Å². The van der Waals surface area contributed by atoms with Crippen molar-refractivity contribution in [1.82, 2.24) is 9.88 Å². The number of amides is 1. The Hall–Kier alpha value is -1.29. The van der Waals surface area contributed by atoms with Crippen molar-refractivity contribution < 1.29 is 4.79 Å². The Bertz CT molecular complexity index is 377. The van der Waals surface area contributed by atoms with Crippen LogP contribution in [0.2, 0.25) is 0 Å². The molecule has 1 aliphatic carbocycles. The molecule has 0 bridgehead atoms. The molecule has 0 saturated heterocycles. The summed E-state index contributed by atoms with van der Waals surface area (Å²) in [5.41, 5.74) is 7.13. The minimum atomic E-state index is -0.384. The van der Waals surface area contributed by atoms with Gasteiger partial charge < -0.3 is 15.6 Å². The SMILES string of the molecule is CN(C)Cc1ccc(C2(C(N)=O)CC2)[nH]1. The summed E-state index contributed by atoms with van der Waals surface area (Å²) in [7, 11) is 4.03. The molecule has 1 saturated carbocycles. The van der Waals surface area contributed by atoms with Gasteiger partial charge in [-0.05, 0) is 39.1 Å². The van der Waals surface area contributed by atoms with Gasteiger partial charge in [-0.3, -0.25) is 4.79 Å². The number of H-pyrrole nitrogens is 1. The Labute approximate surface area is 89.5 Å². The highest BCUT2D eigenvalue weighted by molar-refractivity contribution is 5.89. The topological polar surface area (TPSA) is 62.1 Å². The molecule has 0 unspecified atom stereocenters. The van der Waals surface area contributed by atoms with E-state index in [9.17, 15) is 4.79 Å². The van der Waals surface area contributed by atoms with Crippen LogP contribution in [0.4, 0.5) is 0 Å². The maximum Gasteiger partial charge on any atom is 0.229 e. The maximum absolute atomic E-state index is 11.3. The summed E-state index contributed by atoms with van der Waals surface area (Å²) in [6, 6.07) is 4.01. The molecule has 4 nitrogen and oxygen atoms in total. The third-order valence-electron chi connectivity index (χ3n) is 2.97. The van der Waals surface area contributed by atoms with Crippen molar-refractivity contribution in [2.75, 3.05) is 14.1 Å². The zero-order chi connectivity index (χ0) is 11.1. The number of hydrogen-bond donors (Lipinski definition) is 2. The fraction of sp³-hybridized carbons (Fsp3) is 0.545. The van der Waals surface area contributed by atoms with Crippen LogP contribution in [0, 0.1) is 0 Å². The highest BCUT2D eigenvalue weighted by Crippen LogP contribution is 2.47.